The zero-order valence-electron chi connectivity index (χ0n) is 9.16. The Bertz CT molecular complexity index is 270. The third-order valence-corrected chi connectivity index (χ3v) is 2.25. The molecule has 1 unspecified atom stereocenters. The molecule has 0 spiro atoms. The second-order valence-electron chi connectivity index (χ2n) is 3.97. The Labute approximate surface area is 84.9 Å². The van der Waals surface area contributed by atoms with E-state index in [-0.39, 0.29) is 6.04 Å². The van der Waals surface area contributed by atoms with Crippen molar-refractivity contribution < 1.29 is 4.52 Å². The second kappa shape index (κ2) is 5.10. The van der Waals surface area contributed by atoms with Gasteiger partial charge in [-0.3, -0.25) is 0 Å². The van der Waals surface area contributed by atoms with Crippen LogP contribution in [0.2, 0.25) is 0 Å². The number of hydrogen-bond acceptors (Lipinski definition) is 4. The molecule has 0 bridgehead atoms. The van der Waals surface area contributed by atoms with Crippen LogP contribution in [0, 0.1) is 5.92 Å². The molecule has 0 saturated carbocycles. The Hall–Kier alpha value is -0.900. The SMILES string of the molecule is CCCc1noc(CC(N)C(C)C)n1. The lowest BCUT2D eigenvalue weighted by Crippen LogP contribution is -2.28. The van der Waals surface area contributed by atoms with Crippen molar-refractivity contribution in [2.75, 3.05) is 0 Å². The molecule has 1 heterocycles. The zero-order valence-corrected chi connectivity index (χ0v) is 9.16. The monoisotopic (exact) mass is 197 g/mol. The van der Waals surface area contributed by atoms with E-state index in [2.05, 4.69) is 30.9 Å². The number of nitrogens with two attached hydrogens (primary N) is 1. The summed E-state index contributed by atoms with van der Waals surface area (Å²) in [5.74, 6) is 1.89. The lowest BCUT2D eigenvalue weighted by atomic mass is 10.0. The predicted molar refractivity (Wildman–Crippen MR) is 54.8 cm³/mol. The summed E-state index contributed by atoms with van der Waals surface area (Å²) in [5, 5.41) is 3.88. The van der Waals surface area contributed by atoms with Crippen LogP contribution >= 0.6 is 0 Å². The molecule has 0 amide bonds. The number of nitrogens with zero attached hydrogens (tertiary/aromatic N) is 2. The Morgan fingerprint density at radius 3 is 2.71 bits per heavy atom. The lowest BCUT2D eigenvalue weighted by molar-refractivity contribution is 0.349. The van der Waals surface area contributed by atoms with Crippen molar-refractivity contribution in [3.05, 3.63) is 11.7 Å². The highest BCUT2D eigenvalue weighted by molar-refractivity contribution is 4.89. The Balaban J connectivity index is 2.50. The highest BCUT2D eigenvalue weighted by Crippen LogP contribution is 2.07. The highest BCUT2D eigenvalue weighted by Gasteiger charge is 2.13. The summed E-state index contributed by atoms with van der Waals surface area (Å²) >= 11 is 0. The van der Waals surface area contributed by atoms with Crippen molar-refractivity contribution in [2.24, 2.45) is 11.7 Å². The fraction of sp³-hybridized carbons (Fsp3) is 0.800. The van der Waals surface area contributed by atoms with E-state index in [0.717, 1.165) is 18.7 Å². The van der Waals surface area contributed by atoms with E-state index in [1.807, 2.05) is 0 Å². The van der Waals surface area contributed by atoms with Gasteiger partial charge < -0.3 is 10.3 Å². The topological polar surface area (TPSA) is 64.9 Å². The van der Waals surface area contributed by atoms with Gasteiger partial charge in [-0.2, -0.15) is 4.98 Å². The Morgan fingerprint density at radius 2 is 2.14 bits per heavy atom. The van der Waals surface area contributed by atoms with E-state index in [4.69, 9.17) is 10.3 Å². The van der Waals surface area contributed by atoms with Gasteiger partial charge in [0.1, 0.15) is 0 Å². The molecule has 0 saturated heterocycles. The van der Waals surface area contributed by atoms with Crippen LogP contribution in [0.3, 0.4) is 0 Å². The second-order valence-corrected chi connectivity index (χ2v) is 3.97. The first kappa shape index (κ1) is 11.2. The van der Waals surface area contributed by atoms with Crippen molar-refractivity contribution in [3.8, 4) is 0 Å². The summed E-state index contributed by atoms with van der Waals surface area (Å²) < 4.78 is 5.10. The molecule has 0 aliphatic heterocycles. The van der Waals surface area contributed by atoms with E-state index in [1.165, 1.54) is 0 Å². The normalized spacial score (nSPS) is 13.5. The minimum absolute atomic E-state index is 0.102. The lowest BCUT2D eigenvalue weighted by Gasteiger charge is -2.11. The first-order valence-corrected chi connectivity index (χ1v) is 5.20. The molecule has 0 aromatic carbocycles. The molecule has 1 aromatic rings. The largest absolute Gasteiger partial charge is 0.339 e. The molecule has 0 aliphatic carbocycles. The van der Waals surface area contributed by atoms with Gasteiger partial charge in [-0.15, -0.1) is 0 Å². The summed E-state index contributed by atoms with van der Waals surface area (Å²) in [5.41, 5.74) is 5.90. The van der Waals surface area contributed by atoms with Gasteiger partial charge in [-0.05, 0) is 12.3 Å². The first-order chi connectivity index (χ1) is 6.63. The van der Waals surface area contributed by atoms with E-state index in [1.54, 1.807) is 0 Å². The average Bonchev–Trinajstić information content (AvgIpc) is 2.53. The Kier molecular flexibility index (Phi) is 4.07. The molecule has 4 nitrogen and oxygen atoms in total. The molecule has 1 aromatic heterocycles. The molecule has 0 fully saturated rings. The number of aryl methyl sites for hydroxylation is 1. The summed E-state index contributed by atoms with van der Waals surface area (Å²) in [6.45, 7) is 6.28. The van der Waals surface area contributed by atoms with Gasteiger partial charge in [-0.1, -0.05) is 25.9 Å². The van der Waals surface area contributed by atoms with Gasteiger partial charge in [-0.25, -0.2) is 0 Å². The van der Waals surface area contributed by atoms with Gasteiger partial charge in [0.25, 0.3) is 0 Å². The molecule has 1 atom stereocenters. The maximum Gasteiger partial charge on any atom is 0.228 e. The van der Waals surface area contributed by atoms with Crippen LogP contribution < -0.4 is 5.73 Å². The number of aromatic nitrogens is 2. The van der Waals surface area contributed by atoms with Crippen LogP contribution in [0.5, 0.6) is 0 Å². The summed E-state index contributed by atoms with van der Waals surface area (Å²) in [7, 11) is 0. The molecule has 0 radical (unpaired) electrons. The van der Waals surface area contributed by atoms with E-state index in [9.17, 15) is 0 Å². The maximum atomic E-state index is 5.90. The van der Waals surface area contributed by atoms with Crippen LogP contribution in [0.4, 0.5) is 0 Å². The molecule has 2 N–H and O–H groups in total. The third kappa shape index (κ3) is 3.10. The molecule has 14 heavy (non-hydrogen) atoms. The number of rotatable bonds is 5. The fourth-order valence-electron chi connectivity index (χ4n) is 1.14. The van der Waals surface area contributed by atoms with Gasteiger partial charge in [0.2, 0.25) is 5.89 Å². The van der Waals surface area contributed by atoms with Gasteiger partial charge >= 0.3 is 0 Å². The number of hydrogen-bond donors (Lipinski definition) is 1. The summed E-state index contributed by atoms with van der Waals surface area (Å²) in [6, 6.07) is 0.102. The molecular formula is C10H19N3O. The minimum atomic E-state index is 0.102. The van der Waals surface area contributed by atoms with E-state index >= 15 is 0 Å². The van der Waals surface area contributed by atoms with Crippen molar-refractivity contribution in [2.45, 2.75) is 46.1 Å². The average molecular weight is 197 g/mol. The summed E-state index contributed by atoms with van der Waals surface area (Å²) in [4.78, 5) is 4.26. The molecular weight excluding hydrogens is 178 g/mol. The standard InChI is InChI=1S/C10H19N3O/c1-4-5-9-12-10(14-13-9)6-8(11)7(2)3/h7-8H,4-6,11H2,1-3H3. The van der Waals surface area contributed by atoms with Crippen LogP contribution in [0.1, 0.15) is 38.9 Å². The fourth-order valence-corrected chi connectivity index (χ4v) is 1.14. The zero-order chi connectivity index (χ0) is 10.6. The molecule has 1 rings (SSSR count). The van der Waals surface area contributed by atoms with Crippen LogP contribution in [0.25, 0.3) is 0 Å². The molecule has 4 heteroatoms. The third-order valence-electron chi connectivity index (χ3n) is 2.25. The van der Waals surface area contributed by atoms with Crippen LogP contribution in [0.15, 0.2) is 4.52 Å². The van der Waals surface area contributed by atoms with Crippen molar-refractivity contribution >= 4 is 0 Å². The highest BCUT2D eigenvalue weighted by atomic mass is 16.5. The van der Waals surface area contributed by atoms with E-state index in [0.29, 0.717) is 18.2 Å². The van der Waals surface area contributed by atoms with Gasteiger partial charge in [0.15, 0.2) is 5.82 Å². The van der Waals surface area contributed by atoms with Crippen molar-refractivity contribution in [1.29, 1.82) is 0 Å². The molecule has 80 valence electrons. The smallest absolute Gasteiger partial charge is 0.228 e. The quantitative estimate of drug-likeness (QED) is 0.777. The molecule has 0 aliphatic rings. The van der Waals surface area contributed by atoms with Gasteiger partial charge in [0.05, 0.1) is 0 Å². The van der Waals surface area contributed by atoms with Gasteiger partial charge in [0, 0.05) is 18.9 Å². The first-order valence-electron chi connectivity index (χ1n) is 5.20. The van der Waals surface area contributed by atoms with Crippen LogP contribution in [-0.2, 0) is 12.8 Å². The predicted octanol–water partition coefficient (Wildman–Crippen LogP) is 1.55. The Morgan fingerprint density at radius 1 is 1.43 bits per heavy atom. The van der Waals surface area contributed by atoms with E-state index < -0.39 is 0 Å². The van der Waals surface area contributed by atoms with Crippen molar-refractivity contribution in [1.82, 2.24) is 10.1 Å². The minimum Gasteiger partial charge on any atom is -0.339 e. The summed E-state index contributed by atoms with van der Waals surface area (Å²) in [6.07, 6.45) is 2.59. The van der Waals surface area contributed by atoms with Crippen molar-refractivity contribution in [3.63, 3.8) is 0 Å². The van der Waals surface area contributed by atoms with Crippen LogP contribution in [-0.4, -0.2) is 16.2 Å². The maximum absolute atomic E-state index is 5.90.